The van der Waals surface area contributed by atoms with Gasteiger partial charge in [-0.05, 0) is 106 Å². The molecule has 1 spiro atoms. The fraction of sp³-hybridized carbons (Fsp3) is 0.738. The highest BCUT2D eigenvalue weighted by Gasteiger charge is 2.49. The zero-order chi connectivity index (χ0) is 68.0. The van der Waals surface area contributed by atoms with Crippen LogP contribution in [0, 0.1) is 23.7 Å². The minimum absolute atomic E-state index is 0.0337. The molecule has 26 heteroatoms. The lowest BCUT2D eigenvalue weighted by molar-refractivity contribution is -0.149. The molecule has 0 aromatic heterocycles. The summed E-state index contributed by atoms with van der Waals surface area (Å²) in [7, 11) is 8.57. The van der Waals surface area contributed by atoms with Crippen LogP contribution in [0.1, 0.15) is 169 Å². The van der Waals surface area contributed by atoms with Crippen LogP contribution in [0.4, 0.5) is 13.2 Å². The molecule has 4 aliphatic rings. The van der Waals surface area contributed by atoms with Gasteiger partial charge in [0.15, 0.2) is 0 Å². The van der Waals surface area contributed by atoms with E-state index in [-0.39, 0.29) is 82.1 Å². The maximum Gasteiger partial charge on any atom is 0.417 e. The first-order valence-electron chi connectivity index (χ1n) is 32.5. The number of halogens is 4. The SMILES string of the molecule is CC[C@H](C)[C@@H]1NC(=O)[C@H](CC(C)C)N(C)C(=O)C[C@@H](C)NC(=O)[C@H](CC(C)C)N(C)C(=O)C2(CCCC2)NC(=O)C2CCCN2C(=O)[C@H](CCc2ccc(C(F)(F)F)c(Cl)c2)NC(=O)CN(C)C(=O)[C@H](CC2CCCCC2)N(C)C(=O)CN(C)C(=O)CN(C)C1=O. The normalized spacial score (nSPS) is 26.2. The Labute approximate surface area is 540 Å². The molecule has 22 nitrogen and oxygen atoms in total. The molecule has 2 aliphatic heterocycles. The molecule has 510 valence electrons. The molecule has 2 saturated heterocycles. The summed E-state index contributed by atoms with van der Waals surface area (Å²) in [6.45, 7) is 11.2. The van der Waals surface area contributed by atoms with Crippen LogP contribution in [-0.4, -0.2) is 216 Å². The van der Waals surface area contributed by atoms with E-state index >= 15 is 9.59 Å². The van der Waals surface area contributed by atoms with Crippen LogP contribution in [0.25, 0.3) is 0 Å². The Kier molecular flexibility index (Phi) is 27.6. The molecule has 2 saturated carbocycles. The van der Waals surface area contributed by atoms with E-state index in [2.05, 4.69) is 21.3 Å². The molecule has 11 amide bonds. The summed E-state index contributed by atoms with van der Waals surface area (Å²) in [5, 5.41) is 11.0. The molecule has 4 fully saturated rings. The number of alkyl halides is 3. The Morgan fingerprint density at radius 3 is 1.78 bits per heavy atom. The number of nitrogens with one attached hydrogen (secondary N) is 4. The molecule has 1 unspecified atom stereocenters. The van der Waals surface area contributed by atoms with Crippen molar-refractivity contribution in [2.45, 2.75) is 218 Å². The van der Waals surface area contributed by atoms with Crippen molar-refractivity contribution in [3.05, 3.63) is 34.3 Å². The quantitative estimate of drug-likeness (QED) is 0.213. The van der Waals surface area contributed by atoms with Crippen molar-refractivity contribution in [1.29, 1.82) is 0 Å². The van der Waals surface area contributed by atoms with E-state index in [9.17, 15) is 56.3 Å². The number of carbonyl (C=O) groups is 11. The van der Waals surface area contributed by atoms with Crippen molar-refractivity contribution in [3.8, 4) is 0 Å². The molecule has 91 heavy (non-hydrogen) atoms. The Bertz CT molecular complexity index is 2780. The number of benzene rings is 1. The Hall–Kier alpha value is -6.53. The molecular weight excluding hydrogens is 1200 g/mol. The number of likely N-dealkylation sites (N-methyl/N-ethyl adjacent to an activating group) is 6. The van der Waals surface area contributed by atoms with E-state index in [1.807, 2.05) is 34.6 Å². The summed E-state index contributed by atoms with van der Waals surface area (Å²) in [5.41, 5.74) is -2.24. The van der Waals surface area contributed by atoms with Gasteiger partial charge in [0, 0.05) is 61.3 Å². The second-order valence-electron chi connectivity index (χ2n) is 27.0. The highest BCUT2D eigenvalue weighted by Crippen LogP contribution is 2.37. The second kappa shape index (κ2) is 33.4. The van der Waals surface area contributed by atoms with Crippen LogP contribution in [-0.2, 0) is 65.3 Å². The summed E-state index contributed by atoms with van der Waals surface area (Å²) in [6, 6.07) is -4.55. The number of aryl methyl sites for hydroxylation is 1. The van der Waals surface area contributed by atoms with Gasteiger partial charge >= 0.3 is 6.18 Å². The topological polar surface area (TPSA) is 259 Å². The van der Waals surface area contributed by atoms with Gasteiger partial charge in [0.2, 0.25) is 65.0 Å². The number of carbonyl (C=O) groups excluding carboxylic acids is 11. The van der Waals surface area contributed by atoms with E-state index in [1.54, 1.807) is 13.8 Å². The lowest BCUT2D eigenvalue weighted by Gasteiger charge is -2.39. The molecule has 5 rings (SSSR count). The fourth-order valence-corrected chi connectivity index (χ4v) is 13.3. The minimum Gasteiger partial charge on any atom is -0.351 e. The van der Waals surface area contributed by atoms with Crippen LogP contribution in [0.3, 0.4) is 0 Å². The predicted octanol–water partition coefficient (Wildman–Crippen LogP) is 5.55. The van der Waals surface area contributed by atoms with E-state index in [0.29, 0.717) is 31.2 Å². The van der Waals surface area contributed by atoms with E-state index < -0.39 is 155 Å². The van der Waals surface area contributed by atoms with Gasteiger partial charge in [-0.1, -0.05) is 111 Å². The Morgan fingerprint density at radius 2 is 1.20 bits per heavy atom. The highest BCUT2D eigenvalue weighted by atomic mass is 35.5. The van der Waals surface area contributed by atoms with Crippen LogP contribution in [0.2, 0.25) is 5.02 Å². The largest absolute Gasteiger partial charge is 0.417 e. The van der Waals surface area contributed by atoms with Crippen molar-refractivity contribution < 1.29 is 65.9 Å². The number of hydrogen-bond donors (Lipinski definition) is 4. The molecule has 1 aromatic rings. The summed E-state index contributed by atoms with van der Waals surface area (Å²) in [6.07, 6.45) is 2.28. The van der Waals surface area contributed by atoms with Crippen molar-refractivity contribution >= 4 is 76.6 Å². The highest BCUT2D eigenvalue weighted by molar-refractivity contribution is 6.31. The Balaban J connectivity index is 1.55. The van der Waals surface area contributed by atoms with Gasteiger partial charge in [-0.3, -0.25) is 52.7 Å². The van der Waals surface area contributed by atoms with Gasteiger partial charge < -0.3 is 55.6 Å². The number of amides is 11. The molecule has 1 aromatic carbocycles. The number of nitrogens with zero attached hydrogens (tertiary/aromatic N) is 7. The first kappa shape index (κ1) is 75.2. The maximum atomic E-state index is 15.1. The van der Waals surface area contributed by atoms with Crippen LogP contribution < -0.4 is 21.3 Å². The van der Waals surface area contributed by atoms with E-state index in [4.69, 9.17) is 11.6 Å². The lowest BCUT2D eigenvalue weighted by atomic mass is 9.84. The van der Waals surface area contributed by atoms with Crippen molar-refractivity contribution in [2.75, 3.05) is 68.5 Å². The van der Waals surface area contributed by atoms with Gasteiger partial charge in [-0.2, -0.15) is 13.2 Å². The van der Waals surface area contributed by atoms with Gasteiger partial charge in [0.1, 0.15) is 41.8 Å². The van der Waals surface area contributed by atoms with E-state index in [1.165, 1.54) is 68.0 Å². The molecule has 4 N–H and O–H groups in total. The van der Waals surface area contributed by atoms with Gasteiger partial charge in [0.05, 0.1) is 30.2 Å². The van der Waals surface area contributed by atoms with Crippen LogP contribution in [0.15, 0.2) is 18.2 Å². The third-order valence-electron chi connectivity index (χ3n) is 18.8. The van der Waals surface area contributed by atoms with Crippen LogP contribution >= 0.6 is 11.6 Å². The third-order valence-corrected chi connectivity index (χ3v) is 19.1. The third kappa shape index (κ3) is 20.2. The number of hydrogen-bond acceptors (Lipinski definition) is 11. The van der Waals surface area contributed by atoms with Crippen molar-refractivity contribution in [3.63, 3.8) is 0 Å². The monoisotopic (exact) mass is 1300 g/mol. The number of fused-ring (bicyclic) bond motifs is 1. The minimum atomic E-state index is -4.74. The number of rotatable bonds is 11. The smallest absolute Gasteiger partial charge is 0.351 e. The summed E-state index contributed by atoms with van der Waals surface area (Å²) >= 11 is 6.12. The van der Waals surface area contributed by atoms with Crippen molar-refractivity contribution in [2.24, 2.45) is 23.7 Å². The molecule has 2 heterocycles. The fourth-order valence-electron chi connectivity index (χ4n) is 13.0. The summed E-state index contributed by atoms with van der Waals surface area (Å²) in [4.78, 5) is 168. The summed E-state index contributed by atoms with van der Waals surface area (Å²) in [5.74, 6) is -7.40. The summed E-state index contributed by atoms with van der Waals surface area (Å²) < 4.78 is 41.3. The predicted molar refractivity (Wildman–Crippen MR) is 337 cm³/mol. The van der Waals surface area contributed by atoms with Gasteiger partial charge in [-0.15, -0.1) is 0 Å². The molecular formula is C65H101ClF3N11O11. The maximum absolute atomic E-state index is 15.1. The molecule has 0 bridgehead atoms. The molecule has 0 radical (unpaired) electrons. The Morgan fingerprint density at radius 1 is 0.626 bits per heavy atom. The lowest BCUT2D eigenvalue weighted by Crippen LogP contribution is -2.64. The first-order valence-corrected chi connectivity index (χ1v) is 32.9. The van der Waals surface area contributed by atoms with Gasteiger partial charge in [-0.25, -0.2) is 0 Å². The molecule has 2 aliphatic carbocycles. The van der Waals surface area contributed by atoms with E-state index in [0.717, 1.165) is 58.9 Å². The molecule has 8 atom stereocenters. The van der Waals surface area contributed by atoms with Gasteiger partial charge in [0.25, 0.3) is 0 Å². The standard InChI is InChI=1S/C65H101ClF3N11O11/c1-14-41(6)56-62(90)76(10)37-54(83)74(8)38-55(84)78(12)51(35-43-21-16-15-17-22-43)61(89)75(9)36-52(81)71-47(27-25-44-24-26-45(46(66)34-44)65(67,68)69)60(88)80-30-20-23-48(80)59(87)73-64(28-18-19-29-64)63(91)79(13)50(32-40(4)5)57(85)70-42(7)33-53(82)77(11)49(31-39(2)3)58(86)72-56/h24,26,34,39-43,47-51,56H,14-23,25,27-33,35-38H2,1-13H3,(H,70,85)(H,71,81)(H,72,86)(H,73,87)/t41-,42+,47-,48?,49-,50-,51-,56-/m0/s1. The average molecular weight is 1310 g/mol. The second-order valence-corrected chi connectivity index (χ2v) is 27.4. The average Bonchev–Trinajstić information content (AvgIpc) is 1.77. The van der Waals surface area contributed by atoms with Crippen LogP contribution in [0.5, 0.6) is 0 Å². The van der Waals surface area contributed by atoms with Crippen molar-refractivity contribution in [1.82, 2.24) is 55.6 Å². The first-order chi connectivity index (χ1) is 42.6. The zero-order valence-electron chi connectivity index (χ0n) is 55.8. The zero-order valence-corrected chi connectivity index (χ0v) is 56.5.